The van der Waals surface area contributed by atoms with Gasteiger partial charge in [0, 0.05) is 17.8 Å². The Morgan fingerprint density at radius 2 is 1.89 bits per heavy atom. The second-order valence-corrected chi connectivity index (χ2v) is 9.15. The summed E-state index contributed by atoms with van der Waals surface area (Å²) in [4.78, 5) is 6.71. The molecule has 1 unspecified atom stereocenters. The van der Waals surface area contributed by atoms with E-state index in [-0.39, 0.29) is 17.6 Å². The summed E-state index contributed by atoms with van der Waals surface area (Å²) in [6, 6.07) is 12.0. The molecule has 2 aromatic carbocycles. The highest BCUT2D eigenvalue weighted by Gasteiger charge is 2.34. The van der Waals surface area contributed by atoms with Gasteiger partial charge in [0.25, 0.3) is 5.89 Å². The van der Waals surface area contributed by atoms with Crippen molar-refractivity contribution in [3.63, 3.8) is 0 Å². The van der Waals surface area contributed by atoms with E-state index in [2.05, 4.69) is 34.2 Å². The minimum atomic E-state index is -0.493. The first-order valence-electron chi connectivity index (χ1n) is 11.4. The van der Waals surface area contributed by atoms with Gasteiger partial charge in [-0.1, -0.05) is 31.1 Å². The highest BCUT2D eigenvalue weighted by atomic mass is 32.1. The zero-order valence-corrected chi connectivity index (χ0v) is 21.3. The number of hydrogen-bond donors (Lipinski definition) is 1. The van der Waals surface area contributed by atoms with E-state index in [1.54, 1.807) is 19.2 Å². The van der Waals surface area contributed by atoms with Gasteiger partial charge in [-0.15, -0.1) is 0 Å². The van der Waals surface area contributed by atoms with Gasteiger partial charge < -0.3 is 24.2 Å². The molecule has 1 aliphatic rings. The average Bonchev–Trinajstić information content (AvgIpc) is 3.33. The largest absolute Gasteiger partial charge is 0.497 e. The monoisotopic (exact) mass is 496 g/mol. The Balaban J connectivity index is 1.77. The third-order valence-electron chi connectivity index (χ3n) is 6.04. The average molecular weight is 497 g/mol. The second-order valence-electron chi connectivity index (χ2n) is 8.76. The van der Waals surface area contributed by atoms with E-state index in [1.165, 1.54) is 13.2 Å². The van der Waals surface area contributed by atoms with Crippen LogP contribution >= 0.6 is 12.2 Å². The standard InChI is InChI=1S/C26H29FN4O3S/c1-15(2)12-13-31-16(3)22(23(28-26(31)35)17-6-9-19(32-4)10-7-17)25-29-24(30-34-25)18-8-11-21(33-5)20(27)14-18/h6-11,14-15,23H,12-13H2,1-5H3,(H,28,35). The molecule has 0 saturated carbocycles. The maximum absolute atomic E-state index is 14.3. The SMILES string of the molecule is COc1ccc(C2NC(=S)N(CCC(C)C)C(C)=C2c2nc(-c3ccc(OC)c(F)c3)no2)cc1. The highest BCUT2D eigenvalue weighted by Crippen LogP contribution is 2.38. The molecule has 0 amide bonds. The smallest absolute Gasteiger partial charge is 0.258 e. The molecule has 0 aliphatic carbocycles. The number of aromatic nitrogens is 2. The van der Waals surface area contributed by atoms with E-state index in [0.717, 1.165) is 35.5 Å². The molecule has 0 spiro atoms. The first kappa shape index (κ1) is 24.7. The Morgan fingerprint density at radius 3 is 2.51 bits per heavy atom. The summed E-state index contributed by atoms with van der Waals surface area (Å²) in [6.45, 7) is 7.13. The molecule has 0 bridgehead atoms. The van der Waals surface area contributed by atoms with Crippen LogP contribution in [-0.4, -0.2) is 40.9 Å². The van der Waals surface area contributed by atoms with E-state index >= 15 is 0 Å². The van der Waals surface area contributed by atoms with Crippen LogP contribution in [0.2, 0.25) is 0 Å². The number of benzene rings is 2. The lowest BCUT2D eigenvalue weighted by Gasteiger charge is -2.37. The van der Waals surface area contributed by atoms with E-state index in [4.69, 9.17) is 26.2 Å². The molecule has 1 aliphatic heterocycles. The molecule has 0 saturated heterocycles. The number of nitrogens with zero attached hydrogens (tertiary/aromatic N) is 3. The Kier molecular flexibility index (Phi) is 7.35. The molecule has 9 heteroatoms. The van der Waals surface area contributed by atoms with Gasteiger partial charge in [0.1, 0.15) is 5.75 Å². The summed E-state index contributed by atoms with van der Waals surface area (Å²) in [5.74, 6) is 1.58. The van der Waals surface area contributed by atoms with Gasteiger partial charge >= 0.3 is 0 Å². The summed E-state index contributed by atoms with van der Waals surface area (Å²) >= 11 is 5.74. The van der Waals surface area contributed by atoms with Crippen molar-refractivity contribution in [3.05, 3.63) is 65.4 Å². The van der Waals surface area contributed by atoms with Crippen LogP contribution in [0.4, 0.5) is 4.39 Å². The van der Waals surface area contributed by atoms with Gasteiger partial charge in [0.15, 0.2) is 16.7 Å². The summed E-state index contributed by atoms with van der Waals surface area (Å²) in [5.41, 5.74) is 3.22. The van der Waals surface area contributed by atoms with Gasteiger partial charge in [-0.05, 0) is 67.4 Å². The van der Waals surface area contributed by atoms with E-state index < -0.39 is 5.82 Å². The molecular formula is C26H29FN4O3S. The Labute approximate surface area is 209 Å². The molecule has 1 atom stereocenters. The lowest BCUT2D eigenvalue weighted by Crippen LogP contribution is -2.46. The van der Waals surface area contributed by atoms with E-state index in [0.29, 0.717) is 22.5 Å². The Morgan fingerprint density at radius 1 is 1.14 bits per heavy atom. The number of hydrogen-bond acceptors (Lipinski definition) is 6. The van der Waals surface area contributed by atoms with Gasteiger partial charge in [-0.2, -0.15) is 4.98 Å². The van der Waals surface area contributed by atoms with Gasteiger partial charge in [-0.25, -0.2) is 4.39 Å². The van der Waals surface area contributed by atoms with Crippen molar-refractivity contribution in [3.8, 4) is 22.9 Å². The first-order chi connectivity index (χ1) is 16.8. The predicted molar refractivity (Wildman–Crippen MR) is 136 cm³/mol. The quantitative estimate of drug-likeness (QED) is 0.404. The Bertz CT molecular complexity index is 1240. The number of thiocarbonyl (C=S) groups is 1. The minimum absolute atomic E-state index is 0.154. The van der Waals surface area contributed by atoms with Crippen molar-refractivity contribution in [1.29, 1.82) is 0 Å². The van der Waals surface area contributed by atoms with Crippen LogP contribution in [0.1, 0.15) is 44.7 Å². The maximum atomic E-state index is 14.3. The van der Waals surface area contributed by atoms with Crippen LogP contribution < -0.4 is 14.8 Å². The topological polar surface area (TPSA) is 72.7 Å². The molecule has 1 N–H and O–H groups in total. The van der Waals surface area contributed by atoms with Crippen LogP contribution in [0.3, 0.4) is 0 Å². The number of rotatable bonds is 8. The first-order valence-corrected chi connectivity index (χ1v) is 11.8. The van der Waals surface area contributed by atoms with Crippen molar-refractivity contribution < 1.29 is 18.4 Å². The van der Waals surface area contributed by atoms with Crippen LogP contribution in [0, 0.1) is 11.7 Å². The number of ether oxygens (including phenoxy) is 2. The molecule has 35 heavy (non-hydrogen) atoms. The Hall–Kier alpha value is -3.46. The summed E-state index contributed by atoms with van der Waals surface area (Å²) in [6.07, 6.45) is 0.972. The fourth-order valence-corrected chi connectivity index (χ4v) is 4.36. The van der Waals surface area contributed by atoms with Crippen molar-refractivity contribution in [2.75, 3.05) is 20.8 Å². The van der Waals surface area contributed by atoms with Crippen molar-refractivity contribution in [1.82, 2.24) is 20.4 Å². The number of nitrogens with one attached hydrogen (secondary N) is 1. The predicted octanol–water partition coefficient (Wildman–Crippen LogP) is 5.60. The third kappa shape index (κ3) is 5.14. The fourth-order valence-electron chi connectivity index (χ4n) is 4.02. The molecule has 2 heterocycles. The minimum Gasteiger partial charge on any atom is -0.497 e. The zero-order chi connectivity index (χ0) is 25.1. The van der Waals surface area contributed by atoms with Gasteiger partial charge in [0.05, 0.1) is 25.8 Å². The number of allylic oxidation sites excluding steroid dienone is 1. The molecule has 3 aromatic rings. The fraction of sp³-hybridized carbons (Fsp3) is 0.346. The summed E-state index contributed by atoms with van der Waals surface area (Å²) in [7, 11) is 3.05. The van der Waals surface area contributed by atoms with Gasteiger partial charge in [0.2, 0.25) is 5.82 Å². The molecule has 7 nitrogen and oxygen atoms in total. The van der Waals surface area contributed by atoms with Gasteiger partial charge in [-0.3, -0.25) is 0 Å². The number of halogens is 1. The van der Waals surface area contributed by atoms with Crippen molar-refractivity contribution in [2.45, 2.75) is 33.2 Å². The van der Waals surface area contributed by atoms with Crippen LogP contribution in [0.5, 0.6) is 11.5 Å². The zero-order valence-electron chi connectivity index (χ0n) is 20.5. The molecule has 0 fully saturated rings. The lowest BCUT2D eigenvalue weighted by atomic mass is 9.94. The van der Waals surface area contributed by atoms with E-state index in [1.807, 2.05) is 31.2 Å². The third-order valence-corrected chi connectivity index (χ3v) is 6.38. The van der Waals surface area contributed by atoms with Crippen LogP contribution in [0.25, 0.3) is 17.0 Å². The summed E-state index contributed by atoms with van der Waals surface area (Å²) in [5, 5.41) is 8.23. The molecule has 1 aromatic heterocycles. The maximum Gasteiger partial charge on any atom is 0.258 e. The summed E-state index contributed by atoms with van der Waals surface area (Å²) < 4.78 is 30.3. The molecule has 184 valence electrons. The van der Waals surface area contributed by atoms with E-state index in [9.17, 15) is 4.39 Å². The second kappa shape index (κ2) is 10.4. The normalized spacial score (nSPS) is 16.0. The van der Waals surface area contributed by atoms with Crippen LogP contribution in [0.15, 0.2) is 52.7 Å². The van der Waals surface area contributed by atoms with Crippen molar-refractivity contribution >= 4 is 22.9 Å². The lowest BCUT2D eigenvalue weighted by molar-refractivity contribution is 0.386. The molecule has 0 radical (unpaired) electrons. The van der Waals surface area contributed by atoms with Crippen LogP contribution in [-0.2, 0) is 0 Å². The molecular weight excluding hydrogens is 467 g/mol. The molecule has 4 rings (SSSR count). The highest BCUT2D eigenvalue weighted by molar-refractivity contribution is 7.80. The van der Waals surface area contributed by atoms with Crippen molar-refractivity contribution in [2.24, 2.45) is 5.92 Å². The number of methoxy groups -OCH3 is 2.